The highest BCUT2D eigenvalue weighted by molar-refractivity contribution is 5.29. The molecule has 0 atom stereocenters. The van der Waals surface area contributed by atoms with Crippen molar-refractivity contribution in [3.63, 3.8) is 0 Å². The van der Waals surface area contributed by atoms with Gasteiger partial charge in [-0.05, 0) is 11.6 Å². The summed E-state index contributed by atoms with van der Waals surface area (Å²) in [6.45, 7) is 1.35. The van der Waals surface area contributed by atoms with E-state index >= 15 is 0 Å². The molecule has 0 spiro atoms. The van der Waals surface area contributed by atoms with E-state index < -0.39 is 0 Å². The second kappa shape index (κ2) is 2.92. The van der Waals surface area contributed by atoms with Gasteiger partial charge in [0.2, 0.25) is 0 Å². The van der Waals surface area contributed by atoms with Gasteiger partial charge < -0.3 is 4.74 Å². The van der Waals surface area contributed by atoms with Gasteiger partial charge in [0.15, 0.2) is 0 Å². The SMILES string of the molecule is N#Cc1ccc2c(n1)CCOC2. The number of hydrogen-bond donors (Lipinski definition) is 0. The van der Waals surface area contributed by atoms with Gasteiger partial charge in [-0.15, -0.1) is 0 Å². The van der Waals surface area contributed by atoms with Crippen LogP contribution in [0.1, 0.15) is 17.0 Å². The van der Waals surface area contributed by atoms with E-state index in [2.05, 4.69) is 4.98 Å². The summed E-state index contributed by atoms with van der Waals surface area (Å²) in [6.07, 6.45) is 0.824. The molecule has 1 aromatic rings. The minimum Gasteiger partial charge on any atom is -0.376 e. The summed E-state index contributed by atoms with van der Waals surface area (Å²) in [5, 5.41) is 8.60. The zero-order valence-corrected chi connectivity index (χ0v) is 6.58. The smallest absolute Gasteiger partial charge is 0.140 e. The molecule has 2 heterocycles. The fourth-order valence-corrected chi connectivity index (χ4v) is 1.29. The Hall–Kier alpha value is -1.40. The standard InChI is InChI=1S/C9H8N2O/c10-5-8-2-1-7-6-12-4-3-9(7)11-8/h1-2H,3-4,6H2. The minimum absolute atomic E-state index is 0.496. The van der Waals surface area contributed by atoms with Crippen LogP contribution in [0.25, 0.3) is 0 Å². The van der Waals surface area contributed by atoms with Crippen LogP contribution < -0.4 is 0 Å². The molecule has 0 aliphatic carbocycles. The van der Waals surface area contributed by atoms with Crippen molar-refractivity contribution in [2.75, 3.05) is 6.61 Å². The average Bonchev–Trinajstić information content (AvgIpc) is 2.17. The Morgan fingerprint density at radius 1 is 1.50 bits per heavy atom. The lowest BCUT2D eigenvalue weighted by molar-refractivity contribution is 0.109. The number of aromatic nitrogens is 1. The first kappa shape index (κ1) is 7.26. The van der Waals surface area contributed by atoms with Gasteiger partial charge in [0.25, 0.3) is 0 Å². The molecule has 0 radical (unpaired) electrons. The molecular formula is C9H8N2O. The molecule has 3 heteroatoms. The van der Waals surface area contributed by atoms with Crippen LogP contribution in [0.5, 0.6) is 0 Å². The van der Waals surface area contributed by atoms with Crippen LogP contribution >= 0.6 is 0 Å². The number of fused-ring (bicyclic) bond motifs is 1. The third-order valence-electron chi connectivity index (χ3n) is 1.92. The lowest BCUT2D eigenvalue weighted by Crippen LogP contribution is -2.11. The summed E-state index contributed by atoms with van der Waals surface area (Å²) in [4.78, 5) is 4.19. The summed E-state index contributed by atoms with van der Waals surface area (Å²) in [5.74, 6) is 0. The van der Waals surface area contributed by atoms with Crippen molar-refractivity contribution in [1.29, 1.82) is 5.26 Å². The van der Waals surface area contributed by atoms with Crippen LogP contribution in [-0.2, 0) is 17.8 Å². The topological polar surface area (TPSA) is 45.9 Å². The normalized spacial score (nSPS) is 14.9. The average molecular weight is 160 g/mol. The Bertz CT molecular complexity index is 341. The van der Waals surface area contributed by atoms with E-state index in [1.807, 2.05) is 12.1 Å². The van der Waals surface area contributed by atoms with Gasteiger partial charge in [0.1, 0.15) is 11.8 Å². The number of ether oxygens (including phenoxy) is 1. The highest BCUT2D eigenvalue weighted by Crippen LogP contribution is 2.14. The molecule has 1 aliphatic heterocycles. The van der Waals surface area contributed by atoms with Crippen LogP contribution in [0.4, 0.5) is 0 Å². The Morgan fingerprint density at radius 3 is 3.25 bits per heavy atom. The maximum Gasteiger partial charge on any atom is 0.140 e. The Morgan fingerprint density at radius 2 is 2.42 bits per heavy atom. The molecule has 0 N–H and O–H groups in total. The van der Waals surface area contributed by atoms with E-state index in [1.165, 1.54) is 0 Å². The summed E-state index contributed by atoms with van der Waals surface area (Å²) in [7, 11) is 0. The molecule has 0 unspecified atom stereocenters. The van der Waals surface area contributed by atoms with Gasteiger partial charge in [-0.2, -0.15) is 5.26 Å². The predicted molar refractivity (Wildman–Crippen MR) is 42.3 cm³/mol. The highest BCUT2D eigenvalue weighted by atomic mass is 16.5. The maximum atomic E-state index is 8.60. The zero-order valence-electron chi connectivity index (χ0n) is 6.58. The van der Waals surface area contributed by atoms with Gasteiger partial charge in [-0.3, -0.25) is 0 Å². The van der Waals surface area contributed by atoms with Crippen molar-refractivity contribution in [2.24, 2.45) is 0 Å². The van der Waals surface area contributed by atoms with Crippen molar-refractivity contribution in [3.8, 4) is 6.07 Å². The quantitative estimate of drug-likeness (QED) is 0.569. The number of nitriles is 1. The minimum atomic E-state index is 0.496. The van der Waals surface area contributed by atoms with E-state index in [4.69, 9.17) is 10.00 Å². The number of nitrogens with zero attached hydrogens (tertiary/aromatic N) is 2. The second-order valence-electron chi connectivity index (χ2n) is 2.72. The van der Waals surface area contributed by atoms with Crippen LogP contribution in [0.2, 0.25) is 0 Å². The Balaban J connectivity index is 2.44. The van der Waals surface area contributed by atoms with E-state index in [0.717, 1.165) is 24.3 Å². The summed E-state index contributed by atoms with van der Waals surface area (Å²) in [5.41, 5.74) is 2.62. The van der Waals surface area contributed by atoms with Gasteiger partial charge in [0, 0.05) is 12.1 Å². The summed E-state index contributed by atoms with van der Waals surface area (Å²) < 4.78 is 5.25. The Kier molecular flexibility index (Phi) is 1.77. The van der Waals surface area contributed by atoms with E-state index in [0.29, 0.717) is 12.3 Å². The first-order valence-corrected chi connectivity index (χ1v) is 3.87. The molecule has 1 aliphatic rings. The van der Waals surface area contributed by atoms with Crippen molar-refractivity contribution in [3.05, 3.63) is 29.1 Å². The molecule has 0 aromatic carbocycles. The maximum absolute atomic E-state index is 8.60. The first-order valence-electron chi connectivity index (χ1n) is 3.87. The third-order valence-corrected chi connectivity index (χ3v) is 1.92. The molecule has 0 saturated carbocycles. The van der Waals surface area contributed by atoms with Crippen LogP contribution in [0.15, 0.2) is 12.1 Å². The van der Waals surface area contributed by atoms with E-state index in [9.17, 15) is 0 Å². The molecule has 60 valence electrons. The van der Waals surface area contributed by atoms with Gasteiger partial charge in [-0.1, -0.05) is 6.07 Å². The van der Waals surface area contributed by atoms with Crippen molar-refractivity contribution in [1.82, 2.24) is 4.98 Å². The predicted octanol–water partition coefficient (Wildman–Crippen LogP) is 1.03. The van der Waals surface area contributed by atoms with E-state index in [-0.39, 0.29) is 0 Å². The van der Waals surface area contributed by atoms with Gasteiger partial charge >= 0.3 is 0 Å². The van der Waals surface area contributed by atoms with Crippen LogP contribution in [-0.4, -0.2) is 11.6 Å². The molecule has 0 saturated heterocycles. The van der Waals surface area contributed by atoms with Crippen molar-refractivity contribution < 1.29 is 4.74 Å². The summed E-state index contributed by atoms with van der Waals surface area (Å²) >= 11 is 0. The molecule has 0 amide bonds. The third kappa shape index (κ3) is 1.17. The molecule has 0 bridgehead atoms. The lowest BCUT2D eigenvalue weighted by Gasteiger charge is -2.14. The van der Waals surface area contributed by atoms with E-state index in [1.54, 1.807) is 6.07 Å². The van der Waals surface area contributed by atoms with Gasteiger partial charge in [0.05, 0.1) is 13.2 Å². The van der Waals surface area contributed by atoms with Gasteiger partial charge in [-0.25, -0.2) is 4.98 Å². The van der Waals surface area contributed by atoms with Crippen LogP contribution in [0, 0.1) is 11.3 Å². The molecule has 0 fully saturated rings. The number of hydrogen-bond acceptors (Lipinski definition) is 3. The van der Waals surface area contributed by atoms with Crippen LogP contribution in [0.3, 0.4) is 0 Å². The molecular weight excluding hydrogens is 152 g/mol. The largest absolute Gasteiger partial charge is 0.376 e. The molecule has 2 rings (SSSR count). The fraction of sp³-hybridized carbons (Fsp3) is 0.333. The zero-order chi connectivity index (χ0) is 8.39. The Labute approximate surface area is 70.6 Å². The highest BCUT2D eigenvalue weighted by Gasteiger charge is 2.10. The van der Waals surface area contributed by atoms with Crippen molar-refractivity contribution >= 4 is 0 Å². The first-order chi connectivity index (χ1) is 5.90. The lowest BCUT2D eigenvalue weighted by atomic mass is 10.1. The molecule has 1 aromatic heterocycles. The second-order valence-corrected chi connectivity index (χ2v) is 2.72. The van der Waals surface area contributed by atoms with Crippen molar-refractivity contribution in [2.45, 2.75) is 13.0 Å². The molecule has 3 nitrogen and oxygen atoms in total. The molecule has 12 heavy (non-hydrogen) atoms. The number of rotatable bonds is 0. The summed E-state index contributed by atoms with van der Waals surface area (Å²) in [6, 6.07) is 5.67. The number of pyridine rings is 1. The monoisotopic (exact) mass is 160 g/mol. The fourth-order valence-electron chi connectivity index (χ4n) is 1.29.